The SMILES string of the molecule is C=CC(=C)c1c(P)c(P)c(P)c(P)c1P. The molecule has 1 aromatic carbocycles. The van der Waals surface area contributed by atoms with Crippen LogP contribution in [0, 0.1) is 0 Å². The van der Waals surface area contributed by atoms with Crippen LogP contribution >= 0.6 is 46.2 Å². The van der Waals surface area contributed by atoms with Gasteiger partial charge in [-0.15, -0.1) is 46.2 Å². The topological polar surface area (TPSA) is 0 Å². The Bertz CT molecular complexity index is 419. The fraction of sp³-hybridized carbons (Fsp3) is 0. The number of allylic oxidation sites excluding steroid dienone is 2. The van der Waals surface area contributed by atoms with Crippen LogP contribution in [0.4, 0.5) is 0 Å². The van der Waals surface area contributed by atoms with Crippen LogP contribution in [0.15, 0.2) is 19.2 Å². The highest BCUT2D eigenvalue weighted by Crippen LogP contribution is 2.14. The molecule has 0 bridgehead atoms. The molecule has 0 N–H and O–H groups in total. The summed E-state index contributed by atoms with van der Waals surface area (Å²) in [6.45, 7) is 7.77. The molecule has 1 rings (SSSR count). The van der Waals surface area contributed by atoms with Gasteiger partial charge >= 0.3 is 0 Å². The van der Waals surface area contributed by atoms with Crippen LogP contribution in [0.3, 0.4) is 0 Å². The number of rotatable bonds is 2. The first kappa shape index (κ1) is 13.9. The summed E-state index contributed by atoms with van der Waals surface area (Å²) in [6.07, 6.45) is 1.78. The quantitative estimate of drug-likeness (QED) is 0.546. The minimum Gasteiger partial charge on any atom is -0.104 e. The first-order valence-electron chi connectivity index (χ1n) is 4.24. The maximum Gasteiger partial charge on any atom is -0.00338 e. The van der Waals surface area contributed by atoms with Crippen LogP contribution in [0.5, 0.6) is 0 Å². The van der Waals surface area contributed by atoms with Crippen LogP contribution in [0.1, 0.15) is 5.56 Å². The maximum absolute atomic E-state index is 4.01. The third-order valence-corrected chi connectivity index (χ3v) is 6.67. The fourth-order valence-corrected chi connectivity index (χ4v) is 3.87. The van der Waals surface area contributed by atoms with E-state index in [0.717, 1.165) is 21.7 Å². The second-order valence-electron chi connectivity index (χ2n) is 3.17. The van der Waals surface area contributed by atoms with Crippen LogP contribution in [-0.2, 0) is 0 Å². The Kier molecular flexibility index (Phi) is 5.06. The van der Waals surface area contributed by atoms with Crippen molar-refractivity contribution in [3.8, 4) is 0 Å². The van der Waals surface area contributed by atoms with E-state index in [0.29, 0.717) is 0 Å². The highest BCUT2D eigenvalue weighted by molar-refractivity contribution is 7.45. The Morgan fingerprint density at radius 2 is 1.13 bits per heavy atom. The van der Waals surface area contributed by atoms with Crippen molar-refractivity contribution in [1.29, 1.82) is 0 Å². The highest BCUT2D eigenvalue weighted by Gasteiger charge is 2.13. The summed E-state index contributed by atoms with van der Waals surface area (Å²) in [6, 6.07) is 0. The van der Waals surface area contributed by atoms with E-state index in [1.165, 1.54) is 15.9 Å². The molecular formula is C10H15P5. The normalized spacial score (nSPS) is 10.2. The van der Waals surface area contributed by atoms with Gasteiger partial charge in [-0.25, -0.2) is 0 Å². The minimum atomic E-state index is 0.947. The van der Waals surface area contributed by atoms with Gasteiger partial charge in [0, 0.05) is 0 Å². The smallest absolute Gasteiger partial charge is 0.00338 e. The van der Waals surface area contributed by atoms with Crippen LogP contribution in [0.25, 0.3) is 5.57 Å². The lowest BCUT2D eigenvalue weighted by atomic mass is 10.1. The van der Waals surface area contributed by atoms with Crippen LogP contribution in [0.2, 0.25) is 0 Å². The summed E-state index contributed by atoms with van der Waals surface area (Å²) in [4.78, 5) is 0. The van der Waals surface area contributed by atoms with Crippen molar-refractivity contribution in [3.63, 3.8) is 0 Å². The number of hydrogen-bond donors (Lipinski definition) is 0. The van der Waals surface area contributed by atoms with Crippen molar-refractivity contribution < 1.29 is 0 Å². The predicted molar refractivity (Wildman–Crippen MR) is 92.4 cm³/mol. The molecule has 0 saturated heterocycles. The average molecular weight is 290 g/mol. The summed E-state index contributed by atoms with van der Waals surface area (Å²) in [5, 5.41) is 5.87. The second kappa shape index (κ2) is 5.46. The molecule has 1 aromatic rings. The third-order valence-electron chi connectivity index (χ3n) is 2.27. The summed E-state index contributed by atoms with van der Waals surface area (Å²) in [7, 11) is 13.8. The number of benzene rings is 1. The van der Waals surface area contributed by atoms with E-state index in [4.69, 9.17) is 0 Å². The average Bonchev–Trinajstić information content (AvgIpc) is 2.23. The molecule has 0 aromatic heterocycles. The van der Waals surface area contributed by atoms with Crippen molar-refractivity contribution in [3.05, 3.63) is 24.8 Å². The zero-order valence-electron chi connectivity index (χ0n) is 8.38. The van der Waals surface area contributed by atoms with Gasteiger partial charge in [0.1, 0.15) is 0 Å². The van der Waals surface area contributed by atoms with Crippen molar-refractivity contribution in [2.45, 2.75) is 0 Å². The summed E-state index contributed by atoms with van der Waals surface area (Å²) in [5.41, 5.74) is 2.09. The molecule has 5 unspecified atom stereocenters. The van der Waals surface area contributed by atoms with Gasteiger partial charge in [0.05, 0.1) is 0 Å². The standard InChI is InChI=1S/C10H15P5/c1-3-4(2)5-6(11)8(13)10(15)9(14)7(5)12/h3H,1-2,11-15H2. The molecule has 80 valence electrons. The Labute approximate surface area is 103 Å². The van der Waals surface area contributed by atoms with Gasteiger partial charge in [0.25, 0.3) is 0 Å². The Morgan fingerprint density at radius 1 is 0.800 bits per heavy atom. The molecule has 0 aliphatic heterocycles. The molecule has 15 heavy (non-hydrogen) atoms. The van der Waals surface area contributed by atoms with Crippen molar-refractivity contribution >= 4 is 78.3 Å². The summed E-state index contributed by atoms with van der Waals surface area (Å²) < 4.78 is 0. The van der Waals surface area contributed by atoms with E-state index < -0.39 is 0 Å². The lowest BCUT2D eigenvalue weighted by Gasteiger charge is -2.17. The highest BCUT2D eigenvalue weighted by atomic mass is 31.0. The molecule has 0 aliphatic rings. The molecule has 0 spiro atoms. The Hall–Kier alpha value is 0.850. The van der Waals surface area contributed by atoms with E-state index in [2.05, 4.69) is 59.4 Å². The largest absolute Gasteiger partial charge is 0.104 e. The third kappa shape index (κ3) is 2.58. The van der Waals surface area contributed by atoms with Gasteiger partial charge in [-0.1, -0.05) is 19.2 Å². The van der Waals surface area contributed by atoms with E-state index >= 15 is 0 Å². The van der Waals surface area contributed by atoms with Crippen LogP contribution < -0.4 is 26.5 Å². The van der Waals surface area contributed by atoms with Gasteiger partial charge in [0.2, 0.25) is 0 Å². The lowest BCUT2D eigenvalue weighted by molar-refractivity contribution is 1.87. The molecule has 0 nitrogen and oxygen atoms in total. The molecule has 0 fully saturated rings. The molecule has 0 heterocycles. The monoisotopic (exact) mass is 290 g/mol. The van der Waals surface area contributed by atoms with Crippen molar-refractivity contribution in [1.82, 2.24) is 0 Å². The molecule has 0 amide bonds. The second-order valence-corrected chi connectivity index (χ2v) is 6.06. The van der Waals surface area contributed by atoms with Gasteiger partial charge in [0.15, 0.2) is 0 Å². The van der Waals surface area contributed by atoms with Crippen molar-refractivity contribution in [2.24, 2.45) is 0 Å². The summed E-state index contributed by atoms with van der Waals surface area (Å²) in [5.74, 6) is 0. The zero-order valence-corrected chi connectivity index (χ0v) is 14.2. The zero-order chi connectivity index (χ0) is 11.7. The van der Waals surface area contributed by atoms with Gasteiger partial charge in [-0.2, -0.15) is 0 Å². The van der Waals surface area contributed by atoms with Crippen molar-refractivity contribution in [2.75, 3.05) is 0 Å². The lowest BCUT2D eigenvalue weighted by Crippen LogP contribution is -2.42. The predicted octanol–water partition coefficient (Wildman–Crippen LogP) is 0.388. The number of hydrogen-bond acceptors (Lipinski definition) is 0. The molecule has 0 saturated carbocycles. The Morgan fingerprint density at radius 3 is 1.47 bits per heavy atom. The van der Waals surface area contributed by atoms with E-state index in [9.17, 15) is 0 Å². The minimum absolute atomic E-state index is 0.947. The first-order valence-corrected chi connectivity index (χ1v) is 7.13. The molecule has 5 atom stereocenters. The van der Waals surface area contributed by atoms with E-state index in [1.807, 2.05) is 0 Å². The summed E-state index contributed by atoms with van der Waals surface area (Å²) >= 11 is 0. The van der Waals surface area contributed by atoms with E-state index in [1.54, 1.807) is 6.08 Å². The molecule has 5 heteroatoms. The first-order chi connectivity index (χ1) is 6.91. The van der Waals surface area contributed by atoms with Gasteiger partial charge in [-0.3, -0.25) is 0 Å². The van der Waals surface area contributed by atoms with Gasteiger partial charge in [-0.05, 0) is 37.7 Å². The molecule has 0 radical (unpaired) electrons. The van der Waals surface area contributed by atoms with Gasteiger partial charge < -0.3 is 0 Å². The molecular weight excluding hydrogens is 275 g/mol. The maximum atomic E-state index is 4.01. The van der Waals surface area contributed by atoms with E-state index in [-0.39, 0.29) is 0 Å². The van der Waals surface area contributed by atoms with Crippen LogP contribution in [-0.4, -0.2) is 0 Å². The Balaban J connectivity index is 3.67. The fourth-order valence-electron chi connectivity index (χ4n) is 1.30. The molecule has 0 aliphatic carbocycles.